The molecule has 0 N–H and O–H groups in total. The Labute approximate surface area is 144 Å². The van der Waals surface area contributed by atoms with E-state index in [2.05, 4.69) is 31.9 Å². The summed E-state index contributed by atoms with van der Waals surface area (Å²) in [5, 5.41) is 0.353. The molecule has 2 aromatic rings. The summed E-state index contributed by atoms with van der Waals surface area (Å²) in [6, 6.07) is 8.01. The average molecular weight is 439 g/mol. The first-order valence-electron chi connectivity index (χ1n) is 5.99. The van der Waals surface area contributed by atoms with Crippen LogP contribution >= 0.6 is 43.5 Å². The summed E-state index contributed by atoms with van der Waals surface area (Å²) in [6.45, 7) is 0. The molecule has 0 bridgehead atoms. The molecule has 0 saturated carbocycles. The predicted molar refractivity (Wildman–Crippen MR) is 89.4 cm³/mol. The molecule has 1 unspecified atom stereocenters. The van der Waals surface area contributed by atoms with Gasteiger partial charge in [0.05, 0.1) is 19.0 Å². The molecule has 0 heterocycles. The molecule has 0 saturated heterocycles. The summed E-state index contributed by atoms with van der Waals surface area (Å²) in [4.78, 5) is -0.234. The summed E-state index contributed by atoms with van der Waals surface area (Å²) in [5.74, 6) is 0.934. The quantitative estimate of drug-likeness (QED) is 0.567. The number of halogens is 4. The lowest BCUT2D eigenvalue weighted by Crippen LogP contribution is -2.00. The lowest BCUT2D eigenvalue weighted by Gasteiger charge is -2.18. The number of ether oxygens (including phenoxy) is 2. The van der Waals surface area contributed by atoms with Gasteiger partial charge in [0.1, 0.15) is 21.8 Å². The van der Waals surface area contributed by atoms with Crippen LogP contribution in [-0.2, 0) is 0 Å². The zero-order valence-corrected chi connectivity index (χ0v) is 15.2. The maximum absolute atomic E-state index is 13.2. The summed E-state index contributed by atoms with van der Waals surface area (Å²) in [6.07, 6.45) is 0. The summed E-state index contributed by atoms with van der Waals surface area (Å²) >= 11 is 13.2. The van der Waals surface area contributed by atoms with E-state index in [-0.39, 0.29) is 10.6 Å². The number of hydrogen-bond donors (Lipinski definition) is 0. The van der Waals surface area contributed by atoms with Gasteiger partial charge in [0.2, 0.25) is 0 Å². The molecule has 0 amide bonds. The van der Waals surface area contributed by atoms with E-state index >= 15 is 0 Å². The maximum atomic E-state index is 13.2. The van der Waals surface area contributed by atoms with Crippen molar-refractivity contribution < 1.29 is 13.9 Å². The maximum Gasteiger partial charge on any atom is 0.141 e. The zero-order chi connectivity index (χ0) is 15.6. The standard InChI is InChI=1S/C15H12Br2ClFO2/c1-20-12-6-5-10(15(21-2)14(12)17)13(16)9-4-3-8(19)7-11(9)18/h3-7,13H,1-2H3. The van der Waals surface area contributed by atoms with Crippen molar-refractivity contribution in [3.8, 4) is 11.5 Å². The molecule has 0 fully saturated rings. The fraction of sp³-hybridized carbons (Fsp3) is 0.200. The van der Waals surface area contributed by atoms with Crippen molar-refractivity contribution in [1.82, 2.24) is 0 Å². The minimum absolute atomic E-state index is 0.234. The van der Waals surface area contributed by atoms with Crippen molar-refractivity contribution in [3.05, 3.63) is 56.8 Å². The smallest absolute Gasteiger partial charge is 0.141 e. The third kappa shape index (κ3) is 3.35. The molecule has 1 atom stereocenters. The summed E-state index contributed by atoms with van der Waals surface area (Å²) in [7, 11) is 3.16. The first-order valence-corrected chi connectivity index (χ1v) is 8.07. The first kappa shape index (κ1) is 16.6. The lowest BCUT2D eigenvalue weighted by atomic mass is 10.0. The van der Waals surface area contributed by atoms with Gasteiger partial charge in [-0.05, 0) is 39.7 Å². The van der Waals surface area contributed by atoms with Gasteiger partial charge in [0, 0.05) is 10.6 Å². The SMILES string of the molecule is COc1ccc(C(Br)c2ccc(F)cc2Cl)c(OC)c1Br. The van der Waals surface area contributed by atoms with Gasteiger partial charge < -0.3 is 9.47 Å². The third-order valence-electron chi connectivity index (χ3n) is 3.02. The number of methoxy groups -OCH3 is 2. The van der Waals surface area contributed by atoms with Crippen LogP contribution in [0.2, 0.25) is 5.02 Å². The Kier molecular flexibility index (Phi) is 5.52. The third-order valence-corrected chi connectivity index (χ3v) is 5.09. The van der Waals surface area contributed by atoms with Crippen LogP contribution in [0.5, 0.6) is 11.5 Å². The van der Waals surface area contributed by atoms with E-state index in [0.717, 1.165) is 11.1 Å². The molecule has 0 aromatic heterocycles. The van der Waals surface area contributed by atoms with E-state index < -0.39 is 0 Å². The Morgan fingerprint density at radius 3 is 2.33 bits per heavy atom. The second kappa shape index (κ2) is 6.99. The van der Waals surface area contributed by atoms with Crippen LogP contribution in [0, 0.1) is 5.82 Å². The van der Waals surface area contributed by atoms with E-state index in [4.69, 9.17) is 21.1 Å². The van der Waals surface area contributed by atoms with E-state index in [9.17, 15) is 4.39 Å². The van der Waals surface area contributed by atoms with Gasteiger partial charge in [-0.15, -0.1) is 0 Å². The van der Waals surface area contributed by atoms with Crippen LogP contribution in [0.4, 0.5) is 4.39 Å². The Balaban J connectivity index is 2.52. The van der Waals surface area contributed by atoms with Gasteiger partial charge in [-0.2, -0.15) is 0 Å². The highest BCUT2D eigenvalue weighted by atomic mass is 79.9. The molecule has 0 radical (unpaired) electrons. The van der Waals surface area contributed by atoms with Gasteiger partial charge >= 0.3 is 0 Å². The minimum Gasteiger partial charge on any atom is -0.495 e. The van der Waals surface area contributed by atoms with Crippen molar-refractivity contribution in [1.29, 1.82) is 0 Å². The summed E-state index contributed by atoms with van der Waals surface area (Å²) in [5.41, 5.74) is 1.62. The Hall–Kier alpha value is -0.780. The van der Waals surface area contributed by atoms with Crippen molar-refractivity contribution in [3.63, 3.8) is 0 Å². The minimum atomic E-state index is -0.369. The van der Waals surface area contributed by atoms with E-state index in [1.807, 2.05) is 12.1 Å². The molecule has 0 aliphatic heterocycles. The van der Waals surface area contributed by atoms with Crippen molar-refractivity contribution in [2.24, 2.45) is 0 Å². The molecule has 21 heavy (non-hydrogen) atoms. The van der Waals surface area contributed by atoms with Gasteiger partial charge in [0.15, 0.2) is 0 Å². The topological polar surface area (TPSA) is 18.5 Å². The van der Waals surface area contributed by atoms with Crippen LogP contribution in [-0.4, -0.2) is 14.2 Å². The van der Waals surface area contributed by atoms with Gasteiger partial charge in [-0.1, -0.05) is 39.7 Å². The molecule has 0 spiro atoms. The molecule has 2 aromatic carbocycles. The Morgan fingerprint density at radius 2 is 1.76 bits per heavy atom. The van der Waals surface area contributed by atoms with Gasteiger partial charge in [-0.25, -0.2) is 4.39 Å². The van der Waals surface area contributed by atoms with E-state index in [0.29, 0.717) is 21.0 Å². The monoisotopic (exact) mass is 436 g/mol. The fourth-order valence-corrected chi connectivity index (χ4v) is 3.84. The van der Waals surface area contributed by atoms with Crippen LogP contribution < -0.4 is 9.47 Å². The van der Waals surface area contributed by atoms with E-state index in [1.54, 1.807) is 20.3 Å². The van der Waals surface area contributed by atoms with Crippen molar-refractivity contribution in [2.45, 2.75) is 4.83 Å². The highest BCUT2D eigenvalue weighted by molar-refractivity contribution is 9.10. The number of rotatable bonds is 4. The van der Waals surface area contributed by atoms with E-state index in [1.165, 1.54) is 12.1 Å². The predicted octanol–water partition coefficient (Wildman–Crippen LogP) is 5.74. The molecular formula is C15H12Br2ClFO2. The molecule has 6 heteroatoms. The molecular weight excluding hydrogens is 426 g/mol. The number of alkyl halides is 1. The fourth-order valence-electron chi connectivity index (χ4n) is 1.99. The first-order chi connectivity index (χ1) is 9.99. The second-order valence-corrected chi connectivity index (χ2v) is 6.35. The highest BCUT2D eigenvalue weighted by Gasteiger charge is 2.21. The second-order valence-electron chi connectivity index (χ2n) is 4.23. The van der Waals surface area contributed by atoms with Crippen molar-refractivity contribution >= 4 is 43.5 Å². The largest absolute Gasteiger partial charge is 0.495 e. The molecule has 112 valence electrons. The zero-order valence-electron chi connectivity index (χ0n) is 11.3. The van der Waals surface area contributed by atoms with Crippen LogP contribution in [0.15, 0.2) is 34.8 Å². The van der Waals surface area contributed by atoms with Gasteiger partial charge in [-0.3, -0.25) is 0 Å². The molecule has 0 aliphatic carbocycles. The highest BCUT2D eigenvalue weighted by Crippen LogP contribution is 2.45. The summed E-state index contributed by atoms with van der Waals surface area (Å²) < 4.78 is 24.6. The normalized spacial score (nSPS) is 12.1. The Bertz CT molecular complexity index is 664. The van der Waals surface area contributed by atoms with Crippen molar-refractivity contribution in [2.75, 3.05) is 14.2 Å². The lowest BCUT2D eigenvalue weighted by molar-refractivity contribution is 0.386. The van der Waals surface area contributed by atoms with Gasteiger partial charge in [0.25, 0.3) is 0 Å². The molecule has 2 rings (SSSR count). The Morgan fingerprint density at radius 1 is 1.10 bits per heavy atom. The van der Waals surface area contributed by atoms with Crippen LogP contribution in [0.3, 0.4) is 0 Å². The van der Waals surface area contributed by atoms with Crippen LogP contribution in [0.1, 0.15) is 16.0 Å². The molecule has 0 aliphatic rings. The molecule has 2 nitrogen and oxygen atoms in total. The average Bonchev–Trinajstić information content (AvgIpc) is 2.46. The number of hydrogen-bond acceptors (Lipinski definition) is 2. The van der Waals surface area contributed by atoms with Crippen LogP contribution in [0.25, 0.3) is 0 Å². The number of benzene rings is 2.